The van der Waals surface area contributed by atoms with Crippen LogP contribution in [-0.2, 0) is 9.59 Å². The molecule has 0 saturated carbocycles. The van der Waals surface area contributed by atoms with Gasteiger partial charge < -0.3 is 0 Å². The molecule has 1 aromatic heterocycles. The fourth-order valence-corrected chi connectivity index (χ4v) is 2.27. The van der Waals surface area contributed by atoms with Gasteiger partial charge in [0.1, 0.15) is 17.3 Å². The molecule has 6 nitrogen and oxygen atoms in total. The first-order valence-electron chi connectivity index (χ1n) is 6.76. The number of hydrogen-bond donors (Lipinski definition) is 1. The molecule has 2 rings (SSSR count). The lowest BCUT2D eigenvalue weighted by Gasteiger charge is -2.14. The lowest BCUT2D eigenvalue weighted by Crippen LogP contribution is -2.34. The lowest BCUT2D eigenvalue weighted by atomic mass is 10.0. The highest BCUT2D eigenvalue weighted by atomic mass is 19.2. The van der Waals surface area contributed by atoms with E-state index in [2.05, 4.69) is 10.2 Å². The van der Waals surface area contributed by atoms with Crippen LogP contribution in [0.3, 0.4) is 0 Å². The molecule has 25 heavy (non-hydrogen) atoms. The van der Waals surface area contributed by atoms with E-state index >= 15 is 0 Å². The SMILES string of the molecule is CC(=O)N(C(C)=O)c1[nH]nc(-c2c(F)c(F)c(C)c(F)c2F)c1C#N. The van der Waals surface area contributed by atoms with E-state index in [0.29, 0.717) is 4.90 Å². The van der Waals surface area contributed by atoms with Crippen LogP contribution in [-0.4, -0.2) is 22.0 Å². The summed E-state index contributed by atoms with van der Waals surface area (Å²) in [5.74, 6) is -8.85. The molecular weight excluding hydrogens is 344 g/mol. The summed E-state index contributed by atoms with van der Waals surface area (Å²) in [6, 6.07) is 1.52. The molecule has 2 amide bonds. The van der Waals surface area contributed by atoms with Gasteiger partial charge in [-0.15, -0.1) is 0 Å². The Balaban J connectivity index is 2.83. The van der Waals surface area contributed by atoms with Crippen LogP contribution in [0.15, 0.2) is 0 Å². The van der Waals surface area contributed by atoms with E-state index in [-0.39, 0.29) is 0 Å². The van der Waals surface area contributed by atoms with Crippen LogP contribution in [0.2, 0.25) is 0 Å². The Morgan fingerprint density at radius 1 is 1.04 bits per heavy atom. The van der Waals surface area contributed by atoms with Crippen molar-refractivity contribution in [2.45, 2.75) is 20.8 Å². The van der Waals surface area contributed by atoms with Crippen molar-refractivity contribution in [3.8, 4) is 17.3 Å². The molecule has 0 bridgehead atoms. The number of benzene rings is 1. The maximum Gasteiger partial charge on any atom is 0.231 e. The van der Waals surface area contributed by atoms with Crippen molar-refractivity contribution in [1.29, 1.82) is 5.26 Å². The number of H-pyrrole nitrogens is 1. The van der Waals surface area contributed by atoms with Crippen LogP contribution >= 0.6 is 0 Å². The molecule has 0 fully saturated rings. The zero-order chi connectivity index (χ0) is 19.0. The van der Waals surface area contributed by atoms with Crippen LogP contribution in [0.5, 0.6) is 0 Å². The average Bonchev–Trinajstić information content (AvgIpc) is 2.93. The van der Waals surface area contributed by atoms with Crippen LogP contribution < -0.4 is 4.90 Å². The van der Waals surface area contributed by atoms with Gasteiger partial charge >= 0.3 is 0 Å². The fourth-order valence-electron chi connectivity index (χ4n) is 2.27. The van der Waals surface area contributed by atoms with Crippen molar-refractivity contribution in [1.82, 2.24) is 10.2 Å². The van der Waals surface area contributed by atoms with Crippen LogP contribution in [0.1, 0.15) is 25.0 Å². The molecule has 0 unspecified atom stereocenters. The van der Waals surface area contributed by atoms with Gasteiger partial charge in [0.25, 0.3) is 0 Å². The third-order valence-corrected chi connectivity index (χ3v) is 3.43. The number of nitriles is 1. The van der Waals surface area contributed by atoms with Crippen LogP contribution in [0.25, 0.3) is 11.3 Å². The Kier molecular flexibility index (Phi) is 4.60. The van der Waals surface area contributed by atoms with Crippen molar-refractivity contribution >= 4 is 17.6 Å². The number of imide groups is 1. The van der Waals surface area contributed by atoms with Gasteiger partial charge in [-0.05, 0) is 6.92 Å². The predicted molar refractivity (Wildman–Crippen MR) is 77.1 cm³/mol. The third-order valence-electron chi connectivity index (χ3n) is 3.43. The number of aromatic amines is 1. The smallest absolute Gasteiger partial charge is 0.231 e. The highest BCUT2D eigenvalue weighted by molar-refractivity contribution is 6.13. The second-order valence-corrected chi connectivity index (χ2v) is 5.04. The van der Waals surface area contributed by atoms with E-state index in [1.54, 1.807) is 0 Å². The van der Waals surface area contributed by atoms with E-state index in [1.165, 1.54) is 6.07 Å². The van der Waals surface area contributed by atoms with Gasteiger partial charge in [-0.3, -0.25) is 14.7 Å². The normalized spacial score (nSPS) is 10.5. The van der Waals surface area contributed by atoms with Gasteiger partial charge in [0, 0.05) is 19.4 Å². The Hall–Kier alpha value is -3.22. The largest absolute Gasteiger partial charge is 0.274 e. The zero-order valence-corrected chi connectivity index (χ0v) is 13.2. The zero-order valence-electron chi connectivity index (χ0n) is 13.2. The highest BCUT2D eigenvalue weighted by Gasteiger charge is 2.31. The molecule has 0 aliphatic carbocycles. The third kappa shape index (κ3) is 2.73. The maximum absolute atomic E-state index is 14.1. The minimum absolute atomic E-state index is 0.460. The summed E-state index contributed by atoms with van der Waals surface area (Å²) in [6.45, 7) is 2.86. The number of amides is 2. The van der Waals surface area contributed by atoms with Crippen molar-refractivity contribution in [2.75, 3.05) is 4.90 Å². The Morgan fingerprint density at radius 2 is 1.52 bits per heavy atom. The summed E-state index contributed by atoms with van der Waals surface area (Å²) in [5.41, 5.74) is -3.47. The first-order valence-corrected chi connectivity index (χ1v) is 6.76. The van der Waals surface area contributed by atoms with Crippen molar-refractivity contribution in [2.24, 2.45) is 0 Å². The summed E-state index contributed by atoms with van der Waals surface area (Å²) in [6.07, 6.45) is 0. The summed E-state index contributed by atoms with van der Waals surface area (Å²) in [5, 5.41) is 14.8. The van der Waals surface area contributed by atoms with Crippen molar-refractivity contribution < 1.29 is 27.2 Å². The molecule has 1 N–H and O–H groups in total. The van der Waals surface area contributed by atoms with E-state index in [9.17, 15) is 32.4 Å². The molecule has 0 saturated heterocycles. The molecule has 0 aliphatic rings. The predicted octanol–water partition coefficient (Wildman–Crippen LogP) is 2.71. The fraction of sp³-hybridized carbons (Fsp3) is 0.200. The number of rotatable bonds is 2. The first kappa shape index (κ1) is 18.1. The van der Waals surface area contributed by atoms with Crippen molar-refractivity contribution in [3.63, 3.8) is 0 Å². The number of nitrogens with zero attached hydrogens (tertiary/aromatic N) is 3. The molecule has 0 spiro atoms. The van der Waals surface area contributed by atoms with Gasteiger partial charge in [0.05, 0.1) is 5.56 Å². The number of aromatic nitrogens is 2. The van der Waals surface area contributed by atoms with Crippen LogP contribution in [0.4, 0.5) is 23.4 Å². The molecule has 10 heteroatoms. The average molecular weight is 354 g/mol. The summed E-state index contributed by atoms with van der Waals surface area (Å²) >= 11 is 0. The van der Waals surface area contributed by atoms with Crippen molar-refractivity contribution in [3.05, 3.63) is 34.4 Å². The van der Waals surface area contributed by atoms with E-state index in [0.717, 1.165) is 20.8 Å². The summed E-state index contributed by atoms with van der Waals surface area (Å²) in [4.78, 5) is 23.6. The van der Waals surface area contributed by atoms with Gasteiger partial charge in [0.15, 0.2) is 29.1 Å². The Labute approximate surface area is 138 Å². The molecule has 0 radical (unpaired) electrons. The molecule has 1 heterocycles. The van der Waals surface area contributed by atoms with Gasteiger partial charge in [0.2, 0.25) is 11.8 Å². The molecule has 0 aliphatic heterocycles. The number of anilines is 1. The number of hydrogen-bond acceptors (Lipinski definition) is 4. The first-order chi connectivity index (χ1) is 11.6. The molecule has 1 aromatic carbocycles. The molecule has 0 atom stereocenters. The number of halogens is 4. The van der Waals surface area contributed by atoms with Gasteiger partial charge in [-0.25, -0.2) is 22.5 Å². The van der Waals surface area contributed by atoms with E-state index < -0.39 is 63.3 Å². The Bertz CT molecular complexity index is 903. The topological polar surface area (TPSA) is 89.8 Å². The van der Waals surface area contributed by atoms with E-state index in [1.807, 2.05) is 0 Å². The molecular formula is C15H10F4N4O2. The van der Waals surface area contributed by atoms with Gasteiger partial charge in [-0.1, -0.05) is 0 Å². The minimum Gasteiger partial charge on any atom is -0.274 e. The quantitative estimate of drug-likeness (QED) is 0.663. The molecule has 2 aromatic rings. The van der Waals surface area contributed by atoms with Crippen LogP contribution in [0, 0.1) is 41.5 Å². The molecule has 130 valence electrons. The number of carbonyl (C=O) groups is 2. The summed E-state index contributed by atoms with van der Waals surface area (Å²) in [7, 11) is 0. The second-order valence-electron chi connectivity index (χ2n) is 5.04. The standard InChI is InChI=1S/C15H10F4N4O2/c1-5-10(16)12(18)9(13(19)11(5)17)14-8(4-20)15(22-21-14)23(6(2)24)7(3)25/h1-3H3,(H,21,22). The maximum atomic E-state index is 14.1. The minimum atomic E-state index is -1.75. The highest BCUT2D eigenvalue weighted by Crippen LogP contribution is 2.35. The Morgan fingerprint density at radius 3 is 1.92 bits per heavy atom. The monoisotopic (exact) mass is 354 g/mol. The second kappa shape index (κ2) is 6.35. The van der Waals surface area contributed by atoms with Gasteiger partial charge in [-0.2, -0.15) is 10.4 Å². The lowest BCUT2D eigenvalue weighted by molar-refractivity contribution is -0.124. The number of nitrogens with one attached hydrogen (secondary N) is 1. The van der Waals surface area contributed by atoms with E-state index in [4.69, 9.17) is 0 Å². The number of carbonyl (C=O) groups excluding carboxylic acids is 2. The summed E-state index contributed by atoms with van der Waals surface area (Å²) < 4.78 is 55.8.